The van der Waals surface area contributed by atoms with Crippen molar-refractivity contribution < 1.29 is 41.8 Å². The monoisotopic (exact) mass is 890 g/mol. The highest BCUT2D eigenvalue weighted by atomic mass is 31.2. The van der Waals surface area contributed by atoms with Crippen LogP contribution in [-0.2, 0) is 88.1 Å². The maximum Gasteiger partial charge on any atom is 0.475 e. The second-order valence-electron chi connectivity index (χ2n) is 15.8. The molecule has 0 aromatic heterocycles. The molecule has 1 saturated carbocycles. The van der Waals surface area contributed by atoms with Crippen molar-refractivity contribution in [2.24, 2.45) is 0 Å². The number of phosphoric ester groups is 1. The van der Waals surface area contributed by atoms with Crippen molar-refractivity contribution in [3.05, 3.63) is 251 Å². The summed E-state index contributed by atoms with van der Waals surface area (Å²) < 4.78 is 70.3. The quantitative estimate of drug-likeness (QED) is 0.0582. The maximum atomic E-state index is 15.5. The topological polar surface area (TPSA) is 90.9 Å². The zero-order chi connectivity index (χ0) is 44.4. The predicted molar refractivity (Wildman–Crippen MR) is 250 cm³/mol. The molecule has 10 heteroatoms. The summed E-state index contributed by atoms with van der Waals surface area (Å²) in [6.45, 7) is 0.907. The first-order valence-corrected chi connectivity index (χ1v) is 23.5. The normalized spacial score (nSPS) is 19.8. The molecule has 1 aliphatic carbocycles. The summed E-state index contributed by atoms with van der Waals surface area (Å²) in [6, 6.07) is 68.6. The van der Waals surface area contributed by atoms with Crippen molar-refractivity contribution in [1.82, 2.24) is 0 Å². The molecule has 6 atom stereocenters. The van der Waals surface area contributed by atoms with Gasteiger partial charge in [-0.15, -0.1) is 0 Å². The Bertz CT molecular complexity index is 2290. The van der Waals surface area contributed by atoms with Crippen molar-refractivity contribution in [3.8, 4) is 0 Å². The molecule has 0 amide bonds. The molecule has 7 aromatic rings. The molecule has 0 bridgehead atoms. The van der Waals surface area contributed by atoms with Gasteiger partial charge in [0.25, 0.3) is 0 Å². The number of ether oxygens (including phenoxy) is 5. The van der Waals surface area contributed by atoms with Gasteiger partial charge in [-0.05, 0) is 38.9 Å². The van der Waals surface area contributed by atoms with Crippen LogP contribution in [0.25, 0.3) is 0 Å². The van der Waals surface area contributed by atoms with Gasteiger partial charge < -0.3 is 23.7 Å². The van der Waals surface area contributed by atoms with Gasteiger partial charge >= 0.3 is 7.82 Å². The van der Waals surface area contributed by atoms with Gasteiger partial charge in [-0.25, -0.2) is 4.57 Å². The van der Waals surface area contributed by atoms with Crippen molar-refractivity contribution in [1.29, 1.82) is 0 Å². The smallest absolute Gasteiger partial charge is 0.368 e. The van der Waals surface area contributed by atoms with Crippen LogP contribution in [0.2, 0.25) is 0 Å². The Morgan fingerprint density at radius 3 is 0.662 bits per heavy atom. The van der Waals surface area contributed by atoms with Crippen LogP contribution in [0.15, 0.2) is 212 Å². The van der Waals surface area contributed by atoms with E-state index >= 15 is 4.57 Å². The Morgan fingerprint density at radius 1 is 0.262 bits per heavy atom. The number of rotatable bonds is 23. The Kier molecular flexibility index (Phi) is 17.1. The molecule has 2 unspecified atom stereocenters. The Labute approximate surface area is 382 Å². The van der Waals surface area contributed by atoms with Crippen LogP contribution < -0.4 is 0 Å². The van der Waals surface area contributed by atoms with Crippen LogP contribution >= 0.6 is 7.82 Å². The van der Waals surface area contributed by atoms with Crippen molar-refractivity contribution in [2.75, 3.05) is 0 Å². The third-order valence-electron chi connectivity index (χ3n) is 11.1. The molecule has 1 fully saturated rings. The molecule has 334 valence electrons. The summed E-state index contributed by atoms with van der Waals surface area (Å²) in [4.78, 5) is 0. The number of phosphoric acid groups is 1. The molecule has 9 nitrogen and oxygen atoms in total. The van der Waals surface area contributed by atoms with Gasteiger partial charge in [0.2, 0.25) is 0 Å². The molecule has 0 spiro atoms. The zero-order valence-electron chi connectivity index (χ0n) is 36.2. The van der Waals surface area contributed by atoms with E-state index in [9.17, 15) is 0 Å². The Hall–Kier alpha value is -5.55. The molecular weight excluding hydrogens is 836 g/mol. The van der Waals surface area contributed by atoms with Crippen LogP contribution in [0.5, 0.6) is 0 Å². The summed E-state index contributed by atoms with van der Waals surface area (Å²) in [5.41, 5.74) is 6.28. The third-order valence-corrected chi connectivity index (χ3v) is 12.5. The summed E-state index contributed by atoms with van der Waals surface area (Å²) in [7, 11) is -4.49. The molecule has 1 aliphatic rings. The van der Waals surface area contributed by atoms with Gasteiger partial charge in [-0.1, -0.05) is 212 Å². The van der Waals surface area contributed by atoms with Crippen molar-refractivity contribution >= 4 is 7.82 Å². The molecule has 0 saturated heterocycles. The van der Waals surface area contributed by atoms with Crippen LogP contribution in [0.1, 0.15) is 38.9 Å². The lowest BCUT2D eigenvalue weighted by Crippen LogP contribution is -2.67. The lowest BCUT2D eigenvalue weighted by atomic mass is 9.83. The fourth-order valence-electron chi connectivity index (χ4n) is 7.73. The second kappa shape index (κ2) is 24.1. The van der Waals surface area contributed by atoms with E-state index in [4.69, 9.17) is 37.3 Å². The molecule has 0 radical (unpaired) electrons. The van der Waals surface area contributed by atoms with Gasteiger partial charge in [0.1, 0.15) is 36.6 Å². The third kappa shape index (κ3) is 13.7. The SMILES string of the molecule is O=P(OCc1ccccc1)(OCc1ccccc1)OC1[C@H](OCc2ccccc2)[C@H](OCc2ccccc2)C(OCc2ccccc2)[C@H](OCc2ccccc2)[C@H]1OCc1ccccc1. The standard InChI is InChI=1S/C55H55O9P/c56-65(62-41-48-32-18-6-19-33-48,63-42-49-34-20-7-21-35-49)64-55-53(60-39-46-28-14-4-15-29-46)51(58-37-44-24-10-2-11-25-44)50(57-36-43-22-8-1-9-23-43)52(59-38-45-26-12-3-13-27-45)54(55)61-40-47-30-16-5-17-31-47/h1-35,50-55H,36-42H2/t50?,51-,52+,53-,54-,55?/m1/s1. The second-order valence-corrected chi connectivity index (χ2v) is 17.5. The van der Waals surface area contributed by atoms with Crippen molar-refractivity contribution in [2.45, 2.75) is 82.9 Å². The van der Waals surface area contributed by atoms with E-state index in [2.05, 4.69) is 0 Å². The van der Waals surface area contributed by atoms with Gasteiger partial charge in [-0.2, -0.15) is 0 Å². The number of hydrogen-bond acceptors (Lipinski definition) is 9. The van der Waals surface area contributed by atoms with E-state index < -0.39 is 44.4 Å². The summed E-state index contributed by atoms with van der Waals surface area (Å²) in [5, 5.41) is 0. The van der Waals surface area contributed by atoms with Crippen LogP contribution in [0, 0.1) is 0 Å². The summed E-state index contributed by atoms with van der Waals surface area (Å²) in [6.07, 6.45) is -5.60. The summed E-state index contributed by atoms with van der Waals surface area (Å²) >= 11 is 0. The van der Waals surface area contributed by atoms with Gasteiger partial charge in [0, 0.05) is 0 Å². The highest BCUT2D eigenvalue weighted by molar-refractivity contribution is 7.48. The molecule has 8 rings (SSSR count). The first kappa shape index (κ1) is 46.0. The maximum absolute atomic E-state index is 15.5. The lowest BCUT2D eigenvalue weighted by Gasteiger charge is -2.50. The fraction of sp³-hybridized carbons (Fsp3) is 0.236. The first-order valence-electron chi connectivity index (χ1n) is 22.0. The average molecular weight is 891 g/mol. The van der Waals surface area contributed by atoms with Crippen LogP contribution in [-0.4, -0.2) is 36.6 Å². The van der Waals surface area contributed by atoms with E-state index in [1.54, 1.807) is 0 Å². The van der Waals surface area contributed by atoms with Gasteiger partial charge in [0.05, 0.1) is 46.2 Å². The fourth-order valence-corrected chi connectivity index (χ4v) is 9.08. The Balaban J connectivity index is 1.24. The van der Waals surface area contributed by atoms with E-state index in [-0.39, 0.29) is 46.2 Å². The van der Waals surface area contributed by atoms with Crippen molar-refractivity contribution in [3.63, 3.8) is 0 Å². The Morgan fingerprint density at radius 2 is 0.446 bits per heavy atom. The summed E-state index contributed by atoms with van der Waals surface area (Å²) in [5.74, 6) is 0. The highest BCUT2D eigenvalue weighted by Crippen LogP contribution is 2.54. The van der Waals surface area contributed by atoms with Gasteiger partial charge in [-0.3, -0.25) is 13.6 Å². The van der Waals surface area contributed by atoms with Crippen LogP contribution in [0.4, 0.5) is 0 Å². The molecule has 0 heterocycles. The largest absolute Gasteiger partial charge is 0.475 e. The van der Waals surface area contributed by atoms with Gasteiger partial charge in [0.15, 0.2) is 0 Å². The van der Waals surface area contributed by atoms with E-state index in [0.717, 1.165) is 38.9 Å². The number of hydrogen-bond donors (Lipinski definition) is 0. The van der Waals surface area contributed by atoms with E-state index in [1.807, 2.05) is 212 Å². The molecular formula is C55H55O9P. The minimum Gasteiger partial charge on any atom is -0.368 e. The lowest BCUT2D eigenvalue weighted by molar-refractivity contribution is -0.280. The highest BCUT2D eigenvalue weighted by Gasteiger charge is 2.57. The average Bonchev–Trinajstić information content (AvgIpc) is 3.37. The van der Waals surface area contributed by atoms with E-state index in [1.165, 1.54) is 0 Å². The van der Waals surface area contributed by atoms with Crippen LogP contribution in [0.3, 0.4) is 0 Å². The predicted octanol–water partition coefficient (Wildman–Crippen LogP) is 11.9. The number of benzene rings is 7. The minimum atomic E-state index is -4.49. The first-order chi connectivity index (χ1) is 32.1. The molecule has 65 heavy (non-hydrogen) atoms. The molecule has 7 aromatic carbocycles. The molecule has 0 N–H and O–H groups in total. The molecule has 0 aliphatic heterocycles. The van der Waals surface area contributed by atoms with E-state index in [0.29, 0.717) is 0 Å². The zero-order valence-corrected chi connectivity index (χ0v) is 37.1. The minimum absolute atomic E-state index is 0.0462.